The number of anilines is 1. The molecule has 1 saturated heterocycles. The summed E-state index contributed by atoms with van der Waals surface area (Å²) in [6, 6.07) is 6.22. The molecule has 1 saturated carbocycles. The largest absolute Gasteiger partial charge is 0.378 e. The van der Waals surface area contributed by atoms with Crippen molar-refractivity contribution in [1.82, 2.24) is 4.90 Å². The highest BCUT2D eigenvalue weighted by Crippen LogP contribution is 2.42. The first kappa shape index (κ1) is 18.9. The molecular formula is C21H30N2O3. The van der Waals surface area contributed by atoms with E-state index in [9.17, 15) is 9.59 Å². The molecule has 26 heavy (non-hydrogen) atoms. The molecule has 0 aromatic heterocycles. The highest BCUT2D eigenvalue weighted by molar-refractivity contribution is 6.00. The van der Waals surface area contributed by atoms with E-state index in [-0.39, 0.29) is 23.7 Å². The molecule has 1 aromatic rings. The predicted molar refractivity (Wildman–Crippen MR) is 102 cm³/mol. The van der Waals surface area contributed by atoms with Crippen molar-refractivity contribution in [3.63, 3.8) is 0 Å². The van der Waals surface area contributed by atoms with Crippen molar-refractivity contribution in [1.29, 1.82) is 0 Å². The van der Waals surface area contributed by atoms with Crippen LogP contribution in [-0.4, -0.2) is 43.0 Å². The predicted octanol–water partition coefficient (Wildman–Crippen LogP) is 3.37. The van der Waals surface area contributed by atoms with Gasteiger partial charge in [0.1, 0.15) is 0 Å². The quantitative estimate of drug-likeness (QED) is 0.878. The van der Waals surface area contributed by atoms with Crippen LogP contribution >= 0.6 is 0 Å². The van der Waals surface area contributed by atoms with Crippen molar-refractivity contribution in [3.05, 3.63) is 29.3 Å². The molecule has 1 aliphatic heterocycles. The summed E-state index contributed by atoms with van der Waals surface area (Å²) in [6.45, 7) is 11.0. The Morgan fingerprint density at radius 1 is 1.04 bits per heavy atom. The molecule has 2 unspecified atom stereocenters. The molecule has 5 heteroatoms. The van der Waals surface area contributed by atoms with Gasteiger partial charge in [-0.25, -0.2) is 0 Å². The minimum absolute atomic E-state index is 0.0217. The van der Waals surface area contributed by atoms with E-state index in [1.165, 1.54) is 0 Å². The van der Waals surface area contributed by atoms with E-state index in [0.717, 1.165) is 16.8 Å². The normalized spacial score (nSPS) is 22.6. The maximum absolute atomic E-state index is 12.8. The Morgan fingerprint density at radius 2 is 1.62 bits per heavy atom. The monoisotopic (exact) mass is 358 g/mol. The third-order valence-electron chi connectivity index (χ3n) is 5.39. The van der Waals surface area contributed by atoms with Crippen LogP contribution in [0.5, 0.6) is 0 Å². The van der Waals surface area contributed by atoms with E-state index >= 15 is 0 Å². The molecule has 0 spiro atoms. The van der Waals surface area contributed by atoms with E-state index in [2.05, 4.69) is 51.2 Å². The number of morpholine rings is 1. The zero-order valence-corrected chi connectivity index (χ0v) is 16.2. The van der Waals surface area contributed by atoms with Crippen LogP contribution in [0.2, 0.25) is 0 Å². The lowest BCUT2D eigenvalue weighted by molar-refractivity contribution is -0.137. The lowest BCUT2D eigenvalue weighted by atomic mass is 9.92. The fraction of sp³-hybridized carbons (Fsp3) is 0.619. The fourth-order valence-electron chi connectivity index (χ4n) is 3.69. The Morgan fingerprint density at radius 3 is 2.15 bits per heavy atom. The number of carbonyl (C=O) groups excluding carboxylic acids is 2. The Hall–Kier alpha value is -1.88. The van der Waals surface area contributed by atoms with E-state index in [1.807, 2.05) is 4.90 Å². The molecule has 5 nitrogen and oxygen atoms in total. The Balaban J connectivity index is 1.70. The summed E-state index contributed by atoms with van der Waals surface area (Å²) in [4.78, 5) is 27.2. The standard InChI is InChI=1S/C21H30N2O3/c1-13(2)15-6-5-7-16(14(3)4)19(15)22-20(24)17-12-18(17)21(25)23-8-10-26-11-9-23/h5-7,13-14,17-18H,8-12H2,1-4H3,(H,22,24). The number of amides is 2. The number of nitrogens with one attached hydrogen (secondary N) is 1. The van der Waals surface area contributed by atoms with Gasteiger partial charge in [-0.2, -0.15) is 0 Å². The lowest BCUT2D eigenvalue weighted by Crippen LogP contribution is -2.42. The second-order valence-electron chi connectivity index (χ2n) is 8.00. The van der Waals surface area contributed by atoms with Crippen LogP contribution in [0, 0.1) is 11.8 Å². The lowest BCUT2D eigenvalue weighted by Gasteiger charge is -2.27. The summed E-state index contributed by atoms with van der Waals surface area (Å²) in [5.74, 6) is 0.372. The number of ether oxygens (including phenoxy) is 1. The van der Waals surface area contributed by atoms with Crippen LogP contribution in [0.1, 0.15) is 57.1 Å². The first-order valence-electron chi connectivity index (χ1n) is 9.70. The van der Waals surface area contributed by atoms with Gasteiger partial charge in [-0.15, -0.1) is 0 Å². The van der Waals surface area contributed by atoms with Crippen LogP contribution in [0.3, 0.4) is 0 Å². The summed E-state index contributed by atoms with van der Waals surface area (Å²) in [5.41, 5.74) is 3.24. The smallest absolute Gasteiger partial charge is 0.228 e. The van der Waals surface area contributed by atoms with Gasteiger partial charge >= 0.3 is 0 Å². The molecular weight excluding hydrogens is 328 g/mol. The van der Waals surface area contributed by atoms with Crippen molar-refractivity contribution in [3.8, 4) is 0 Å². The molecule has 0 radical (unpaired) electrons. The zero-order chi connectivity index (χ0) is 18.8. The van der Waals surface area contributed by atoms with Gasteiger partial charge < -0.3 is 15.0 Å². The first-order valence-corrected chi connectivity index (χ1v) is 9.70. The highest BCUT2D eigenvalue weighted by atomic mass is 16.5. The Bertz CT molecular complexity index is 652. The maximum Gasteiger partial charge on any atom is 0.228 e. The van der Waals surface area contributed by atoms with E-state index < -0.39 is 0 Å². The van der Waals surface area contributed by atoms with Crippen LogP contribution in [-0.2, 0) is 14.3 Å². The van der Waals surface area contributed by atoms with Crippen LogP contribution in [0.4, 0.5) is 5.69 Å². The minimum atomic E-state index is -0.203. The molecule has 0 bridgehead atoms. The number of carbonyl (C=O) groups is 2. The molecule has 1 aliphatic carbocycles. The average Bonchev–Trinajstić information content (AvgIpc) is 3.42. The van der Waals surface area contributed by atoms with Gasteiger partial charge in [0.15, 0.2) is 0 Å². The second kappa shape index (κ2) is 7.78. The third kappa shape index (κ3) is 3.93. The van der Waals surface area contributed by atoms with Crippen LogP contribution in [0.15, 0.2) is 18.2 Å². The maximum atomic E-state index is 12.8. The van der Waals surface area contributed by atoms with Crippen molar-refractivity contribution >= 4 is 17.5 Å². The molecule has 1 N–H and O–H groups in total. The molecule has 2 fully saturated rings. The topological polar surface area (TPSA) is 58.6 Å². The van der Waals surface area contributed by atoms with Crippen molar-refractivity contribution in [2.45, 2.75) is 46.0 Å². The number of benzene rings is 1. The van der Waals surface area contributed by atoms with E-state index in [0.29, 0.717) is 44.6 Å². The number of para-hydroxylation sites is 1. The molecule has 142 valence electrons. The SMILES string of the molecule is CC(C)c1cccc(C(C)C)c1NC(=O)C1CC1C(=O)N1CCOCC1. The van der Waals surface area contributed by atoms with Crippen molar-refractivity contribution < 1.29 is 14.3 Å². The molecule has 2 aliphatic rings. The van der Waals surface area contributed by atoms with Gasteiger partial charge in [-0.3, -0.25) is 9.59 Å². The molecule has 3 rings (SSSR count). The van der Waals surface area contributed by atoms with E-state index in [4.69, 9.17) is 4.74 Å². The van der Waals surface area contributed by atoms with Crippen molar-refractivity contribution in [2.75, 3.05) is 31.6 Å². The number of hydrogen-bond acceptors (Lipinski definition) is 3. The Labute approximate surface area is 156 Å². The van der Waals surface area contributed by atoms with Crippen LogP contribution in [0.25, 0.3) is 0 Å². The van der Waals surface area contributed by atoms with Crippen LogP contribution < -0.4 is 5.32 Å². The minimum Gasteiger partial charge on any atom is -0.378 e. The summed E-state index contributed by atoms with van der Waals surface area (Å²) in [5, 5.41) is 3.16. The van der Waals surface area contributed by atoms with Gasteiger partial charge in [0, 0.05) is 18.8 Å². The molecule has 2 atom stereocenters. The summed E-state index contributed by atoms with van der Waals surface area (Å²) in [7, 11) is 0. The third-order valence-corrected chi connectivity index (χ3v) is 5.39. The zero-order valence-electron chi connectivity index (χ0n) is 16.2. The van der Waals surface area contributed by atoms with Crippen molar-refractivity contribution in [2.24, 2.45) is 11.8 Å². The molecule has 1 aromatic carbocycles. The number of nitrogens with zero attached hydrogens (tertiary/aromatic N) is 1. The Kier molecular flexibility index (Phi) is 5.66. The molecule has 1 heterocycles. The number of hydrogen-bond donors (Lipinski definition) is 1. The average molecular weight is 358 g/mol. The second-order valence-corrected chi connectivity index (χ2v) is 8.00. The van der Waals surface area contributed by atoms with Gasteiger partial charge in [0.2, 0.25) is 11.8 Å². The van der Waals surface area contributed by atoms with Gasteiger partial charge in [-0.1, -0.05) is 45.9 Å². The fourth-order valence-corrected chi connectivity index (χ4v) is 3.69. The van der Waals surface area contributed by atoms with Gasteiger partial charge in [-0.05, 0) is 29.4 Å². The number of rotatable bonds is 5. The van der Waals surface area contributed by atoms with Gasteiger partial charge in [0.25, 0.3) is 0 Å². The first-order chi connectivity index (χ1) is 12.4. The molecule has 2 amide bonds. The van der Waals surface area contributed by atoms with Gasteiger partial charge in [0.05, 0.1) is 25.0 Å². The summed E-state index contributed by atoms with van der Waals surface area (Å²) in [6.07, 6.45) is 0.656. The van der Waals surface area contributed by atoms with E-state index in [1.54, 1.807) is 0 Å². The highest BCUT2D eigenvalue weighted by Gasteiger charge is 2.49. The summed E-state index contributed by atoms with van der Waals surface area (Å²) < 4.78 is 5.30. The summed E-state index contributed by atoms with van der Waals surface area (Å²) >= 11 is 0.